The number of sulfone groups is 1. The number of hydrogen-bond donors (Lipinski definition) is 0. The van der Waals surface area contributed by atoms with E-state index in [1.54, 1.807) is 21.9 Å². The molecule has 256 valence electrons. The summed E-state index contributed by atoms with van der Waals surface area (Å²) in [6.45, 7) is 9.75. The highest BCUT2D eigenvalue weighted by molar-refractivity contribution is 7.90. The molecule has 49 heavy (non-hydrogen) atoms. The van der Waals surface area contributed by atoms with Crippen LogP contribution in [0.25, 0.3) is 28.0 Å². The van der Waals surface area contributed by atoms with Gasteiger partial charge in [-0.1, -0.05) is 38.6 Å². The molecule has 1 atom stereocenters. The predicted octanol–water partition coefficient (Wildman–Crippen LogP) is 4.79. The average molecular weight is 692 g/mol. The summed E-state index contributed by atoms with van der Waals surface area (Å²) >= 11 is 0. The van der Waals surface area contributed by atoms with Crippen LogP contribution in [0.1, 0.15) is 45.1 Å². The number of hydrogen-bond acceptors (Lipinski definition) is 9. The maximum atomic E-state index is 16.4. The summed E-state index contributed by atoms with van der Waals surface area (Å²) in [4.78, 5) is 51.3. The van der Waals surface area contributed by atoms with Crippen molar-refractivity contribution in [2.75, 3.05) is 30.8 Å². The Morgan fingerprint density at radius 2 is 1.78 bits per heavy atom. The SMILES string of the molecule is C=CC(=O)N1CCN(c2nc(=O)n(-c3c(C(C)C)cccc3S(C)(=O)=O)c3nc(-c4c(F)cccc4OC(=O)C4CC4)c(F)cc23)[C@@H](C)C1. The molecule has 14 heteroatoms. The Kier molecular flexibility index (Phi) is 8.86. The number of pyridine rings is 1. The molecule has 1 aliphatic carbocycles. The van der Waals surface area contributed by atoms with Crippen LogP contribution in [0.4, 0.5) is 14.6 Å². The fraction of sp³-hybridized carbons (Fsp3) is 0.343. The summed E-state index contributed by atoms with van der Waals surface area (Å²) in [6.07, 6.45) is 3.47. The quantitative estimate of drug-likeness (QED) is 0.145. The molecule has 1 saturated carbocycles. The van der Waals surface area contributed by atoms with Crippen LogP contribution >= 0.6 is 0 Å². The van der Waals surface area contributed by atoms with Gasteiger partial charge in [-0.05, 0) is 61.6 Å². The predicted molar refractivity (Wildman–Crippen MR) is 180 cm³/mol. The van der Waals surface area contributed by atoms with Gasteiger partial charge in [0.1, 0.15) is 23.1 Å². The fourth-order valence-electron chi connectivity index (χ4n) is 6.18. The fourth-order valence-corrected chi connectivity index (χ4v) is 7.06. The molecule has 3 heterocycles. The van der Waals surface area contributed by atoms with Crippen molar-refractivity contribution in [3.8, 4) is 22.7 Å². The summed E-state index contributed by atoms with van der Waals surface area (Å²) in [6, 6.07) is 9.00. The van der Waals surface area contributed by atoms with E-state index >= 15 is 8.78 Å². The number of halogens is 2. The summed E-state index contributed by atoms with van der Waals surface area (Å²) in [5, 5.41) is 0.0436. The molecular weight excluding hydrogens is 656 g/mol. The lowest BCUT2D eigenvalue weighted by Gasteiger charge is -2.40. The Morgan fingerprint density at radius 3 is 2.41 bits per heavy atom. The molecule has 4 aromatic rings. The highest BCUT2D eigenvalue weighted by atomic mass is 32.2. The molecule has 11 nitrogen and oxygen atoms in total. The van der Waals surface area contributed by atoms with Crippen molar-refractivity contribution in [3.05, 3.63) is 82.8 Å². The van der Waals surface area contributed by atoms with E-state index in [4.69, 9.17) is 4.74 Å². The molecule has 0 radical (unpaired) electrons. The summed E-state index contributed by atoms with van der Waals surface area (Å²) in [7, 11) is -3.94. The molecule has 2 fully saturated rings. The standard InChI is InChI=1S/C35H35F2N5O6S/c1-6-28(43)40-15-16-41(20(4)18-40)32-23-17-25(37)30(29-24(36)10-8-11-26(29)48-34(44)21-13-14-21)38-33(23)42(35(45)39-32)31-22(19(2)3)9-7-12-27(31)49(5,46)47/h6-12,17,19-21H,1,13-16,18H2,2-5H3/t20-/m0/s1. The second-order valence-corrected chi connectivity index (χ2v) is 14.7. The normalized spacial score (nSPS) is 16.7. The van der Waals surface area contributed by atoms with Crippen LogP contribution in [0.3, 0.4) is 0 Å². The smallest absolute Gasteiger partial charge is 0.355 e. The van der Waals surface area contributed by atoms with Gasteiger partial charge in [-0.15, -0.1) is 0 Å². The molecule has 0 unspecified atom stereocenters. The molecule has 2 aromatic heterocycles. The largest absolute Gasteiger partial charge is 0.425 e. The number of carbonyl (C=O) groups is 2. The average Bonchev–Trinajstić information content (AvgIpc) is 3.90. The third kappa shape index (κ3) is 6.32. The molecule has 0 spiro atoms. The Bertz CT molecular complexity index is 2200. The summed E-state index contributed by atoms with van der Waals surface area (Å²) < 4.78 is 64.8. The highest BCUT2D eigenvalue weighted by Crippen LogP contribution is 2.39. The van der Waals surface area contributed by atoms with Crippen LogP contribution < -0.4 is 15.3 Å². The molecule has 1 amide bonds. The lowest BCUT2D eigenvalue weighted by atomic mass is 10.0. The molecule has 0 bridgehead atoms. The molecule has 2 aromatic carbocycles. The zero-order valence-electron chi connectivity index (χ0n) is 27.4. The van der Waals surface area contributed by atoms with Crippen LogP contribution in [-0.4, -0.2) is 71.7 Å². The molecule has 1 aliphatic heterocycles. The molecule has 2 aliphatic rings. The van der Waals surface area contributed by atoms with Gasteiger partial charge in [-0.3, -0.25) is 9.59 Å². The maximum Gasteiger partial charge on any atom is 0.355 e. The Labute approximate surface area is 281 Å². The maximum absolute atomic E-state index is 16.4. The minimum absolute atomic E-state index is 0.0116. The minimum Gasteiger partial charge on any atom is -0.425 e. The van der Waals surface area contributed by atoms with Gasteiger partial charge in [0, 0.05) is 31.9 Å². The van der Waals surface area contributed by atoms with Crippen molar-refractivity contribution in [1.82, 2.24) is 19.4 Å². The van der Waals surface area contributed by atoms with E-state index in [1.807, 2.05) is 20.8 Å². The third-order valence-electron chi connectivity index (χ3n) is 8.80. The minimum atomic E-state index is -3.94. The van der Waals surface area contributed by atoms with E-state index in [9.17, 15) is 22.8 Å². The highest BCUT2D eigenvalue weighted by Gasteiger charge is 2.34. The topological polar surface area (TPSA) is 132 Å². The molecule has 0 N–H and O–H groups in total. The van der Waals surface area contributed by atoms with E-state index in [-0.39, 0.29) is 76.6 Å². The number of anilines is 1. The summed E-state index contributed by atoms with van der Waals surface area (Å²) in [5.74, 6) is -3.58. The van der Waals surface area contributed by atoms with Gasteiger partial charge in [0.2, 0.25) is 5.91 Å². The van der Waals surface area contributed by atoms with Crippen LogP contribution in [0.5, 0.6) is 5.75 Å². The van der Waals surface area contributed by atoms with Crippen molar-refractivity contribution >= 4 is 38.6 Å². The van der Waals surface area contributed by atoms with Crippen LogP contribution in [0.2, 0.25) is 0 Å². The van der Waals surface area contributed by atoms with Crippen LogP contribution in [0, 0.1) is 17.6 Å². The van der Waals surface area contributed by atoms with Crippen molar-refractivity contribution < 1.29 is 31.5 Å². The van der Waals surface area contributed by atoms with Crippen molar-refractivity contribution in [2.45, 2.75) is 50.5 Å². The Morgan fingerprint density at radius 1 is 1.06 bits per heavy atom. The van der Waals surface area contributed by atoms with Gasteiger partial charge < -0.3 is 14.5 Å². The number of nitrogens with zero attached hydrogens (tertiary/aromatic N) is 5. The Balaban J connectivity index is 1.67. The van der Waals surface area contributed by atoms with Gasteiger partial charge in [-0.25, -0.2) is 31.5 Å². The number of rotatable bonds is 8. The number of fused-ring (bicyclic) bond motifs is 1. The van der Waals surface area contributed by atoms with Crippen molar-refractivity contribution in [3.63, 3.8) is 0 Å². The van der Waals surface area contributed by atoms with Gasteiger partial charge in [-0.2, -0.15) is 4.98 Å². The number of ether oxygens (including phenoxy) is 1. The first-order valence-corrected chi connectivity index (χ1v) is 17.8. The third-order valence-corrected chi connectivity index (χ3v) is 9.92. The number of carbonyl (C=O) groups excluding carboxylic acids is 2. The summed E-state index contributed by atoms with van der Waals surface area (Å²) in [5.41, 5.74) is -1.61. The molecule has 6 rings (SSSR count). The van der Waals surface area contributed by atoms with E-state index in [0.717, 1.165) is 23.0 Å². The van der Waals surface area contributed by atoms with E-state index in [0.29, 0.717) is 18.4 Å². The first-order valence-electron chi connectivity index (χ1n) is 15.9. The zero-order valence-corrected chi connectivity index (χ0v) is 28.3. The second kappa shape index (κ2) is 12.8. The van der Waals surface area contributed by atoms with Gasteiger partial charge in [0.25, 0.3) is 0 Å². The Hall–Kier alpha value is -4.98. The lowest BCUT2D eigenvalue weighted by Crippen LogP contribution is -2.54. The second-order valence-electron chi connectivity index (χ2n) is 12.7. The number of benzene rings is 2. The molecular formula is C35H35F2N5O6S. The van der Waals surface area contributed by atoms with E-state index in [2.05, 4.69) is 16.5 Å². The zero-order chi connectivity index (χ0) is 35.4. The van der Waals surface area contributed by atoms with E-state index in [1.165, 1.54) is 24.3 Å². The van der Waals surface area contributed by atoms with Crippen LogP contribution in [-0.2, 0) is 19.4 Å². The van der Waals surface area contributed by atoms with Crippen LogP contribution in [0.15, 0.2) is 64.8 Å². The monoisotopic (exact) mass is 691 g/mol. The number of piperazine rings is 1. The first-order chi connectivity index (χ1) is 23.2. The molecule has 1 saturated heterocycles. The number of amides is 1. The van der Waals surface area contributed by atoms with Crippen molar-refractivity contribution in [1.29, 1.82) is 0 Å². The lowest BCUT2D eigenvalue weighted by molar-refractivity contribution is -0.135. The number of aromatic nitrogens is 3. The van der Waals surface area contributed by atoms with Crippen molar-refractivity contribution in [2.24, 2.45) is 5.92 Å². The van der Waals surface area contributed by atoms with Gasteiger partial charge >= 0.3 is 11.7 Å². The van der Waals surface area contributed by atoms with E-state index < -0.39 is 44.4 Å². The van der Waals surface area contributed by atoms with Gasteiger partial charge in [0.15, 0.2) is 21.3 Å². The first kappa shape index (κ1) is 33.9. The van der Waals surface area contributed by atoms with Gasteiger partial charge in [0.05, 0.1) is 27.5 Å². The number of para-hydroxylation sites is 1. The number of esters is 1.